The van der Waals surface area contributed by atoms with E-state index in [4.69, 9.17) is 0 Å². The van der Waals surface area contributed by atoms with Crippen molar-refractivity contribution in [3.63, 3.8) is 0 Å². The molecule has 0 aromatic heterocycles. The first kappa shape index (κ1) is 21.2. The van der Waals surface area contributed by atoms with E-state index in [1.165, 1.54) is 5.56 Å². The van der Waals surface area contributed by atoms with E-state index in [2.05, 4.69) is 52.8 Å². The Morgan fingerprint density at radius 1 is 1.33 bits per heavy atom. The van der Waals surface area contributed by atoms with Gasteiger partial charge < -0.3 is 10.6 Å². The van der Waals surface area contributed by atoms with Crippen molar-refractivity contribution in [2.24, 2.45) is 5.41 Å². The average Bonchev–Trinajstić information content (AvgIpc) is 2.96. The predicted octanol–water partition coefficient (Wildman–Crippen LogP) is 2.61. The van der Waals surface area contributed by atoms with Crippen LogP contribution in [0.4, 0.5) is 0 Å². The molecule has 2 saturated heterocycles. The number of carbonyl (C=O) groups excluding carboxylic acids is 1. The highest BCUT2D eigenvalue weighted by atomic mass is 35.5. The highest BCUT2D eigenvalue weighted by Gasteiger charge is 2.36. The second-order valence-electron chi connectivity index (χ2n) is 7.02. The van der Waals surface area contributed by atoms with E-state index in [1.807, 2.05) is 0 Å². The molecule has 0 spiro atoms. The van der Waals surface area contributed by atoms with Gasteiger partial charge in [-0.05, 0) is 38.3 Å². The van der Waals surface area contributed by atoms with Crippen molar-refractivity contribution >= 4 is 30.7 Å². The van der Waals surface area contributed by atoms with Gasteiger partial charge in [0.05, 0.1) is 5.41 Å². The third-order valence-corrected chi connectivity index (χ3v) is 5.00. The minimum absolute atomic E-state index is 0. The first-order valence-electron chi connectivity index (χ1n) is 8.44. The van der Waals surface area contributed by atoms with Crippen LogP contribution in [-0.2, 0) is 11.3 Å². The Bertz CT molecular complexity index is 506. The van der Waals surface area contributed by atoms with Crippen LogP contribution in [0.1, 0.15) is 31.7 Å². The van der Waals surface area contributed by atoms with E-state index < -0.39 is 0 Å². The molecule has 2 N–H and O–H groups in total. The van der Waals surface area contributed by atoms with Gasteiger partial charge in [-0.3, -0.25) is 9.69 Å². The van der Waals surface area contributed by atoms with Crippen molar-refractivity contribution in [3.05, 3.63) is 35.9 Å². The molecule has 2 atom stereocenters. The molecule has 4 nitrogen and oxygen atoms in total. The molecule has 136 valence electrons. The topological polar surface area (TPSA) is 44.4 Å². The SMILES string of the molecule is CC1(C(=O)NC2CCN(Cc3ccccc3)C2)CCCNC1.Cl.Cl. The standard InChI is InChI=1S/C18H27N3O.2ClH/c1-18(9-5-10-19-14-18)17(22)20-16-8-11-21(13-16)12-15-6-3-2-4-7-15;;/h2-4,6-7,16,19H,5,8-14H2,1H3,(H,20,22);2*1H. The summed E-state index contributed by atoms with van der Waals surface area (Å²) < 4.78 is 0. The minimum Gasteiger partial charge on any atom is -0.352 e. The van der Waals surface area contributed by atoms with E-state index in [-0.39, 0.29) is 36.1 Å². The van der Waals surface area contributed by atoms with E-state index in [9.17, 15) is 4.79 Å². The Morgan fingerprint density at radius 3 is 2.75 bits per heavy atom. The van der Waals surface area contributed by atoms with E-state index in [1.54, 1.807) is 0 Å². The van der Waals surface area contributed by atoms with Gasteiger partial charge in [0.2, 0.25) is 5.91 Å². The van der Waals surface area contributed by atoms with Crippen LogP contribution in [0.2, 0.25) is 0 Å². The highest BCUT2D eigenvalue weighted by molar-refractivity contribution is 5.85. The summed E-state index contributed by atoms with van der Waals surface area (Å²) in [4.78, 5) is 15.0. The Labute approximate surface area is 157 Å². The van der Waals surface area contributed by atoms with Gasteiger partial charge in [0.1, 0.15) is 0 Å². The molecule has 1 aromatic rings. The van der Waals surface area contributed by atoms with Crippen LogP contribution < -0.4 is 10.6 Å². The Morgan fingerprint density at radius 2 is 2.08 bits per heavy atom. The summed E-state index contributed by atoms with van der Waals surface area (Å²) in [6.07, 6.45) is 3.14. The molecule has 0 aliphatic carbocycles. The number of nitrogens with one attached hydrogen (secondary N) is 2. The van der Waals surface area contributed by atoms with Crippen LogP contribution in [-0.4, -0.2) is 43.0 Å². The molecule has 24 heavy (non-hydrogen) atoms. The summed E-state index contributed by atoms with van der Waals surface area (Å²) in [5, 5.41) is 6.64. The maximum Gasteiger partial charge on any atom is 0.227 e. The molecular weight excluding hydrogens is 345 g/mol. The zero-order valence-electron chi connectivity index (χ0n) is 14.3. The monoisotopic (exact) mass is 373 g/mol. The number of hydrogen-bond donors (Lipinski definition) is 2. The highest BCUT2D eigenvalue weighted by Crippen LogP contribution is 2.26. The van der Waals surface area contributed by atoms with Gasteiger partial charge in [-0.25, -0.2) is 0 Å². The fourth-order valence-electron chi connectivity index (χ4n) is 3.55. The third kappa shape index (κ3) is 5.35. The van der Waals surface area contributed by atoms with Crippen LogP contribution >= 0.6 is 24.8 Å². The number of carbonyl (C=O) groups is 1. The fourth-order valence-corrected chi connectivity index (χ4v) is 3.55. The number of halogens is 2. The molecule has 2 fully saturated rings. The van der Waals surface area contributed by atoms with Gasteiger partial charge in [-0.15, -0.1) is 24.8 Å². The van der Waals surface area contributed by atoms with Crippen LogP contribution in [0.15, 0.2) is 30.3 Å². The van der Waals surface area contributed by atoms with E-state index >= 15 is 0 Å². The van der Waals surface area contributed by atoms with Gasteiger partial charge in [0, 0.05) is 32.2 Å². The van der Waals surface area contributed by atoms with Crippen molar-refractivity contribution in [2.45, 2.75) is 38.8 Å². The lowest BCUT2D eigenvalue weighted by Gasteiger charge is -2.33. The predicted molar refractivity (Wildman–Crippen MR) is 103 cm³/mol. The largest absolute Gasteiger partial charge is 0.352 e. The smallest absolute Gasteiger partial charge is 0.227 e. The zero-order chi connectivity index (χ0) is 15.4. The molecule has 1 aromatic carbocycles. The van der Waals surface area contributed by atoms with Crippen LogP contribution in [0.3, 0.4) is 0 Å². The number of piperidine rings is 1. The summed E-state index contributed by atoms with van der Waals surface area (Å²) in [6.45, 7) is 6.94. The maximum absolute atomic E-state index is 12.6. The molecule has 0 radical (unpaired) electrons. The van der Waals surface area contributed by atoms with Gasteiger partial charge in [0.25, 0.3) is 0 Å². The number of rotatable bonds is 4. The molecule has 3 rings (SSSR count). The number of hydrogen-bond acceptors (Lipinski definition) is 3. The van der Waals surface area contributed by atoms with Crippen molar-refractivity contribution in [3.8, 4) is 0 Å². The summed E-state index contributed by atoms with van der Waals surface area (Å²) in [6, 6.07) is 10.9. The Balaban J connectivity index is 0.00000144. The quantitative estimate of drug-likeness (QED) is 0.852. The second-order valence-corrected chi connectivity index (χ2v) is 7.02. The van der Waals surface area contributed by atoms with E-state index in [0.717, 1.165) is 52.0 Å². The average molecular weight is 374 g/mol. The van der Waals surface area contributed by atoms with Crippen LogP contribution in [0.25, 0.3) is 0 Å². The third-order valence-electron chi connectivity index (χ3n) is 5.00. The molecular formula is C18H29Cl2N3O. The lowest BCUT2D eigenvalue weighted by atomic mass is 9.81. The normalized spacial score (nSPS) is 27.0. The van der Waals surface area contributed by atoms with Gasteiger partial charge in [-0.1, -0.05) is 30.3 Å². The van der Waals surface area contributed by atoms with E-state index in [0.29, 0.717) is 6.04 Å². The number of benzene rings is 1. The van der Waals surface area contributed by atoms with Crippen molar-refractivity contribution in [1.82, 2.24) is 15.5 Å². The summed E-state index contributed by atoms with van der Waals surface area (Å²) >= 11 is 0. The van der Waals surface area contributed by atoms with Crippen LogP contribution in [0.5, 0.6) is 0 Å². The molecule has 0 bridgehead atoms. The Kier molecular flexibility index (Phi) is 8.51. The summed E-state index contributed by atoms with van der Waals surface area (Å²) in [5.41, 5.74) is 1.11. The zero-order valence-corrected chi connectivity index (χ0v) is 15.9. The number of amides is 1. The van der Waals surface area contributed by atoms with Gasteiger partial charge in [0.15, 0.2) is 0 Å². The van der Waals surface area contributed by atoms with Crippen molar-refractivity contribution in [1.29, 1.82) is 0 Å². The van der Waals surface area contributed by atoms with Gasteiger partial charge >= 0.3 is 0 Å². The minimum atomic E-state index is -0.231. The van der Waals surface area contributed by atoms with Gasteiger partial charge in [-0.2, -0.15) is 0 Å². The maximum atomic E-state index is 12.6. The molecule has 2 unspecified atom stereocenters. The number of likely N-dealkylation sites (tertiary alicyclic amines) is 1. The van der Waals surface area contributed by atoms with Crippen molar-refractivity contribution in [2.75, 3.05) is 26.2 Å². The first-order chi connectivity index (χ1) is 10.7. The molecule has 2 aliphatic heterocycles. The Hall–Kier alpha value is -0.810. The molecule has 2 heterocycles. The second kappa shape index (κ2) is 9.62. The molecule has 1 amide bonds. The lowest BCUT2D eigenvalue weighted by molar-refractivity contribution is -0.131. The number of nitrogens with zero attached hydrogens (tertiary/aromatic N) is 1. The lowest BCUT2D eigenvalue weighted by Crippen LogP contribution is -2.51. The first-order valence-corrected chi connectivity index (χ1v) is 8.44. The van der Waals surface area contributed by atoms with Crippen LogP contribution in [0, 0.1) is 5.41 Å². The van der Waals surface area contributed by atoms with Crippen molar-refractivity contribution < 1.29 is 4.79 Å². The summed E-state index contributed by atoms with van der Waals surface area (Å²) in [5.74, 6) is 0.228. The molecule has 6 heteroatoms. The summed E-state index contributed by atoms with van der Waals surface area (Å²) in [7, 11) is 0. The fraction of sp³-hybridized carbons (Fsp3) is 0.611. The molecule has 0 saturated carbocycles. The molecule has 2 aliphatic rings.